The molecule has 2 amide bonds. The number of nitrogens with zero attached hydrogens (tertiary/aromatic N) is 1. The van der Waals surface area contributed by atoms with Gasteiger partial charge < -0.3 is 15.4 Å². The lowest BCUT2D eigenvalue weighted by atomic mass is 10.2. The molecule has 2 rings (SSSR count). The van der Waals surface area contributed by atoms with Crippen LogP contribution in [0.15, 0.2) is 42.5 Å². The topological polar surface area (TPSA) is 128 Å². The van der Waals surface area contributed by atoms with Crippen molar-refractivity contribution >= 4 is 40.8 Å². The summed E-state index contributed by atoms with van der Waals surface area (Å²) < 4.78 is 17.5. The Morgan fingerprint density at radius 1 is 1.14 bits per heavy atom. The molecule has 0 bridgehead atoms. The second kappa shape index (κ2) is 9.42. The van der Waals surface area contributed by atoms with E-state index >= 15 is 0 Å². The molecule has 0 radical (unpaired) electrons. The Kier molecular flexibility index (Phi) is 6.99. The lowest BCUT2D eigenvalue weighted by Gasteiger charge is -2.08. The van der Waals surface area contributed by atoms with E-state index in [4.69, 9.17) is 16.3 Å². The van der Waals surface area contributed by atoms with Crippen molar-refractivity contribution in [2.45, 2.75) is 0 Å². The summed E-state index contributed by atoms with van der Waals surface area (Å²) in [6.07, 6.45) is 0. The lowest BCUT2D eigenvalue weighted by molar-refractivity contribution is -0.384. The van der Waals surface area contributed by atoms with E-state index in [-0.39, 0.29) is 22.0 Å². The maximum absolute atomic E-state index is 12.8. The van der Waals surface area contributed by atoms with Gasteiger partial charge in [-0.1, -0.05) is 11.6 Å². The molecule has 0 aliphatic heterocycles. The average molecular weight is 410 g/mol. The number of non-ortho nitro benzene ring substituents is 1. The van der Waals surface area contributed by atoms with Crippen LogP contribution in [0.4, 0.5) is 15.8 Å². The van der Waals surface area contributed by atoms with E-state index in [9.17, 15) is 28.9 Å². The van der Waals surface area contributed by atoms with Gasteiger partial charge >= 0.3 is 5.97 Å². The fourth-order valence-electron chi connectivity index (χ4n) is 1.96. The molecule has 0 atom stereocenters. The molecule has 9 nitrogen and oxygen atoms in total. The Hall–Kier alpha value is -3.53. The minimum Gasteiger partial charge on any atom is -0.454 e. The van der Waals surface area contributed by atoms with Crippen molar-refractivity contribution in [2.24, 2.45) is 0 Å². The highest BCUT2D eigenvalue weighted by atomic mass is 35.5. The first-order chi connectivity index (χ1) is 13.3. The highest BCUT2D eigenvalue weighted by Crippen LogP contribution is 2.26. The van der Waals surface area contributed by atoms with E-state index in [1.807, 2.05) is 0 Å². The van der Waals surface area contributed by atoms with Crippen molar-refractivity contribution in [2.75, 3.05) is 18.5 Å². The number of carbonyl (C=O) groups excluding carboxylic acids is 3. The fourth-order valence-corrected chi connectivity index (χ4v) is 2.18. The van der Waals surface area contributed by atoms with E-state index < -0.39 is 41.7 Å². The van der Waals surface area contributed by atoms with Crippen LogP contribution in [0.25, 0.3) is 0 Å². The van der Waals surface area contributed by atoms with E-state index in [1.165, 1.54) is 18.2 Å². The molecule has 0 heterocycles. The minimum atomic E-state index is -0.875. The number of ether oxygens (including phenoxy) is 1. The normalized spacial score (nSPS) is 10.1. The van der Waals surface area contributed by atoms with Gasteiger partial charge in [0.05, 0.1) is 15.6 Å². The highest BCUT2D eigenvalue weighted by Gasteiger charge is 2.14. The number of hydrogen-bond donors (Lipinski definition) is 2. The molecular formula is C17H13ClFN3O6. The summed E-state index contributed by atoms with van der Waals surface area (Å²) in [5.41, 5.74) is 0.0176. The molecule has 0 spiro atoms. The Labute approximate surface area is 162 Å². The van der Waals surface area contributed by atoms with Crippen LogP contribution in [0.5, 0.6) is 0 Å². The van der Waals surface area contributed by atoms with Crippen LogP contribution in [0, 0.1) is 15.9 Å². The van der Waals surface area contributed by atoms with Crippen LogP contribution in [-0.2, 0) is 14.3 Å². The number of nitro benzene ring substituents is 1. The van der Waals surface area contributed by atoms with E-state index in [1.54, 1.807) is 0 Å². The Morgan fingerprint density at radius 2 is 1.82 bits per heavy atom. The third-order valence-electron chi connectivity index (χ3n) is 3.30. The fraction of sp³-hybridized carbons (Fsp3) is 0.118. The summed E-state index contributed by atoms with van der Waals surface area (Å²) >= 11 is 5.83. The number of nitrogens with one attached hydrogen (secondary N) is 2. The number of nitro groups is 1. The summed E-state index contributed by atoms with van der Waals surface area (Å²) in [5, 5.41) is 15.2. The largest absolute Gasteiger partial charge is 0.454 e. The van der Waals surface area contributed by atoms with Gasteiger partial charge in [-0.15, -0.1) is 0 Å². The highest BCUT2D eigenvalue weighted by molar-refractivity contribution is 6.34. The molecular weight excluding hydrogens is 397 g/mol. The van der Waals surface area contributed by atoms with Crippen molar-refractivity contribution in [1.29, 1.82) is 0 Å². The molecule has 0 saturated carbocycles. The standard InChI is InChI=1S/C17H13ClFN3O6/c18-13-7-12(22(26)27)5-6-14(13)21-15(23)9-28-16(24)8-20-17(25)10-1-3-11(19)4-2-10/h1-7H,8-9H2,(H,20,25)(H,21,23). The average Bonchev–Trinajstić information content (AvgIpc) is 2.66. The van der Waals surface area contributed by atoms with Crippen molar-refractivity contribution in [3.63, 3.8) is 0 Å². The predicted molar refractivity (Wildman–Crippen MR) is 96.4 cm³/mol. The van der Waals surface area contributed by atoms with Crippen molar-refractivity contribution in [3.05, 3.63) is 69.0 Å². The number of rotatable bonds is 7. The third kappa shape index (κ3) is 6.02. The summed E-state index contributed by atoms with van der Waals surface area (Å²) in [5.74, 6) is -2.72. The van der Waals surface area contributed by atoms with Gasteiger partial charge in [-0.2, -0.15) is 0 Å². The molecule has 146 valence electrons. The first kappa shape index (κ1) is 20.8. The monoisotopic (exact) mass is 409 g/mol. The molecule has 0 aromatic heterocycles. The van der Waals surface area contributed by atoms with Crippen molar-refractivity contribution < 1.29 is 28.4 Å². The Morgan fingerprint density at radius 3 is 2.43 bits per heavy atom. The van der Waals surface area contributed by atoms with Crippen LogP contribution in [0.1, 0.15) is 10.4 Å². The number of esters is 1. The molecule has 11 heteroatoms. The van der Waals surface area contributed by atoms with Crippen LogP contribution in [0.2, 0.25) is 5.02 Å². The number of halogens is 2. The number of hydrogen-bond acceptors (Lipinski definition) is 6. The zero-order valence-corrected chi connectivity index (χ0v) is 14.9. The number of carbonyl (C=O) groups is 3. The van der Waals surface area contributed by atoms with Crippen LogP contribution in [-0.4, -0.2) is 35.9 Å². The van der Waals surface area contributed by atoms with Crippen molar-refractivity contribution in [1.82, 2.24) is 5.32 Å². The zero-order chi connectivity index (χ0) is 20.7. The van der Waals surface area contributed by atoms with E-state index in [2.05, 4.69) is 10.6 Å². The van der Waals surface area contributed by atoms with Crippen molar-refractivity contribution in [3.8, 4) is 0 Å². The molecule has 0 aliphatic rings. The molecule has 2 N–H and O–H groups in total. The van der Waals surface area contributed by atoms with E-state index in [0.29, 0.717) is 0 Å². The second-order valence-corrected chi connectivity index (χ2v) is 5.73. The van der Waals surface area contributed by atoms with Crippen LogP contribution >= 0.6 is 11.6 Å². The van der Waals surface area contributed by atoms with Gasteiger partial charge in [-0.05, 0) is 30.3 Å². The SMILES string of the molecule is O=C(COC(=O)CNC(=O)c1ccc(F)cc1)Nc1ccc([N+](=O)[O-])cc1Cl. The summed E-state index contributed by atoms with van der Waals surface area (Å²) in [6, 6.07) is 8.15. The van der Waals surface area contributed by atoms with Gasteiger partial charge in [-0.3, -0.25) is 24.5 Å². The molecule has 28 heavy (non-hydrogen) atoms. The molecule has 0 unspecified atom stereocenters. The number of benzene rings is 2. The second-order valence-electron chi connectivity index (χ2n) is 5.32. The Balaban J connectivity index is 1.77. The van der Waals surface area contributed by atoms with Crippen LogP contribution in [0.3, 0.4) is 0 Å². The van der Waals surface area contributed by atoms with Gasteiger partial charge in [0, 0.05) is 17.7 Å². The lowest BCUT2D eigenvalue weighted by Crippen LogP contribution is -2.32. The maximum atomic E-state index is 12.8. The predicted octanol–water partition coefficient (Wildman–Crippen LogP) is 2.30. The summed E-state index contributed by atoms with van der Waals surface area (Å²) in [6.45, 7) is -1.15. The first-order valence-corrected chi connectivity index (χ1v) is 8.07. The van der Waals surface area contributed by atoms with Gasteiger partial charge in [0.15, 0.2) is 6.61 Å². The molecule has 2 aromatic rings. The zero-order valence-electron chi connectivity index (χ0n) is 14.1. The summed E-state index contributed by atoms with van der Waals surface area (Å²) in [4.78, 5) is 45.1. The molecule has 0 saturated heterocycles. The quantitative estimate of drug-likeness (QED) is 0.410. The van der Waals surface area contributed by atoms with Crippen LogP contribution < -0.4 is 10.6 Å². The minimum absolute atomic E-state index is 0.0552. The molecule has 2 aromatic carbocycles. The third-order valence-corrected chi connectivity index (χ3v) is 3.61. The van der Waals surface area contributed by atoms with Gasteiger partial charge in [0.1, 0.15) is 12.4 Å². The summed E-state index contributed by atoms with van der Waals surface area (Å²) in [7, 11) is 0. The van der Waals surface area contributed by atoms with Gasteiger partial charge in [0.25, 0.3) is 17.5 Å². The number of anilines is 1. The first-order valence-electron chi connectivity index (χ1n) is 7.69. The Bertz CT molecular complexity index is 920. The maximum Gasteiger partial charge on any atom is 0.325 e. The number of amides is 2. The molecule has 0 aliphatic carbocycles. The smallest absolute Gasteiger partial charge is 0.325 e. The van der Waals surface area contributed by atoms with Gasteiger partial charge in [-0.25, -0.2) is 4.39 Å². The van der Waals surface area contributed by atoms with E-state index in [0.717, 1.165) is 24.3 Å². The van der Waals surface area contributed by atoms with Gasteiger partial charge in [0.2, 0.25) is 0 Å². The molecule has 0 fully saturated rings.